The lowest BCUT2D eigenvalue weighted by molar-refractivity contribution is -0.138. The van der Waals surface area contributed by atoms with Crippen LogP contribution in [0.2, 0.25) is 0 Å². The molecule has 0 radical (unpaired) electrons. The fourth-order valence-electron chi connectivity index (χ4n) is 11.2. The van der Waals surface area contributed by atoms with E-state index in [1.54, 1.807) is 0 Å². The summed E-state index contributed by atoms with van der Waals surface area (Å²) in [6.07, 6.45) is 4.95. The van der Waals surface area contributed by atoms with Crippen LogP contribution in [0.25, 0.3) is 54.7 Å². The molecule has 0 bridgehead atoms. The highest BCUT2D eigenvalue weighted by Gasteiger charge is 2.51. The molecule has 13 heteroatoms. The summed E-state index contributed by atoms with van der Waals surface area (Å²) in [6.45, 7) is 14.2. The number of alkyl carbamates (subject to hydrolysis) is 1. The van der Waals surface area contributed by atoms with Crippen molar-refractivity contribution in [1.82, 2.24) is 35.1 Å². The Balaban J connectivity index is 0.947. The first-order chi connectivity index (χ1) is 30.8. The Morgan fingerprint density at radius 3 is 1.64 bits per heavy atom. The summed E-state index contributed by atoms with van der Waals surface area (Å²) in [4.78, 5) is 62.3. The van der Waals surface area contributed by atoms with Gasteiger partial charge in [0.2, 0.25) is 11.8 Å². The van der Waals surface area contributed by atoms with Crippen LogP contribution in [0.1, 0.15) is 96.9 Å². The maximum absolute atomic E-state index is 14.3. The van der Waals surface area contributed by atoms with E-state index >= 15 is 0 Å². The van der Waals surface area contributed by atoms with Gasteiger partial charge in [-0.3, -0.25) is 9.59 Å². The van der Waals surface area contributed by atoms with Crippen LogP contribution in [0.5, 0.6) is 0 Å². The van der Waals surface area contributed by atoms with Gasteiger partial charge in [0.15, 0.2) is 0 Å². The molecular weight excluding hydrogens is 807 g/mol. The molecule has 6 atom stereocenters. The molecule has 10 rings (SSSR count). The van der Waals surface area contributed by atoms with Gasteiger partial charge in [-0.05, 0) is 96.5 Å². The predicted octanol–water partition coefficient (Wildman–Crippen LogP) is 9.23. The molecule has 3 amide bonds. The number of H-pyrrole nitrogens is 2. The van der Waals surface area contributed by atoms with Crippen molar-refractivity contribution in [2.45, 2.75) is 91.3 Å². The van der Waals surface area contributed by atoms with E-state index in [-0.39, 0.29) is 52.5 Å². The quantitative estimate of drug-likeness (QED) is 0.137. The van der Waals surface area contributed by atoms with Crippen molar-refractivity contribution in [1.29, 1.82) is 0 Å². The van der Waals surface area contributed by atoms with E-state index in [9.17, 15) is 14.4 Å². The van der Waals surface area contributed by atoms with Gasteiger partial charge in [0, 0.05) is 53.8 Å². The lowest BCUT2D eigenvalue weighted by atomic mass is 9.80. The molecule has 0 saturated carbocycles. The van der Waals surface area contributed by atoms with Gasteiger partial charge in [-0.2, -0.15) is 0 Å². The van der Waals surface area contributed by atoms with Crippen molar-refractivity contribution in [3.05, 3.63) is 72.3 Å². The Morgan fingerprint density at radius 1 is 0.703 bits per heavy atom. The molecule has 2 aromatic heterocycles. The second kappa shape index (κ2) is 16.5. The summed E-state index contributed by atoms with van der Waals surface area (Å²) in [7, 11) is 1.31. The Bertz CT molecular complexity index is 2760. The molecule has 4 saturated heterocycles. The zero-order valence-corrected chi connectivity index (χ0v) is 38.0. The smallest absolute Gasteiger partial charge is 0.407 e. The molecular formula is C51H61N7O6. The number of rotatable bonds is 8. The zero-order chi connectivity index (χ0) is 44.5. The number of carbonyl (C=O) groups is 3. The van der Waals surface area contributed by atoms with Crippen LogP contribution in [0.4, 0.5) is 4.79 Å². The summed E-state index contributed by atoms with van der Waals surface area (Å²) < 4.78 is 16.9. The number of ether oxygens (including phenoxy) is 3. The van der Waals surface area contributed by atoms with E-state index < -0.39 is 12.1 Å². The van der Waals surface area contributed by atoms with Gasteiger partial charge >= 0.3 is 6.09 Å². The number of methoxy groups -OCH3 is 1. The van der Waals surface area contributed by atoms with Gasteiger partial charge in [-0.15, -0.1) is 0 Å². The molecule has 3 N–H and O–H groups in total. The van der Waals surface area contributed by atoms with Crippen LogP contribution in [0.3, 0.4) is 0 Å². The highest BCUT2D eigenvalue weighted by Crippen LogP contribution is 2.50. The minimum Gasteiger partial charge on any atom is -0.453 e. The first-order valence-electron chi connectivity index (χ1n) is 23.3. The van der Waals surface area contributed by atoms with E-state index in [4.69, 9.17) is 24.2 Å². The maximum atomic E-state index is 14.3. The van der Waals surface area contributed by atoms with Crippen LogP contribution in [-0.2, 0) is 23.8 Å². The number of fused-ring (bicyclic) bond motifs is 6. The third-order valence-electron chi connectivity index (χ3n) is 15.1. The number of hydrogen-bond acceptors (Lipinski definition) is 8. The molecule has 2 spiro atoms. The monoisotopic (exact) mass is 867 g/mol. The zero-order valence-electron chi connectivity index (χ0n) is 38.0. The molecule has 0 aliphatic carbocycles. The van der Waals surface area contributed by atoms with E-state index in [1.165, 1.54) is 7.11 Å². The lowest BCUT2D eigenvalue weighted by Crippen LogP contribution is -2.51. The van der Waals surface area contributed by atoms with Crippen LogP contribution in [0.15, 0.2) is 60.7 Å². The van der Waals surface area contributed by atoms with Crippen LogP contribution in [-0.4, -0.2) is 100 Å². The second-order valence-electron chi connectivity index (χ2n) is 20.1. The topological polar surface area (TPSA) is 155 Å². The van der Waals surface area contributed by atoms with Crippen LogP contribution < -0.4 is 5.32 Å². The number of carbonyl (C=O) groups excluding carboxylic acids is 3. The van der Waals surface area contributed by atoms with Gasteiger partial charge in [-0.1, -0.05) is 71.0 Å². The van der Waals surface area contributed by atoms with Crippen molar-refractivity contribution in [3.8, 4) is 11.1 Å². The lowest BCUT2D eigenvalue weighted by Gasteiger charge is -2.33. The number of amides is 3. The van der Waals surface area contributed by atoms with Crippen molar-refractivity contribution in [2.75, 3.05) is 46.6 Å². The number of aromatic amines is 2. The van der Waals surface area contributed by atoms with E-state index in [0.717, 1.165) is 118 Å². The standard InChI is InChI=1S/C51H61N7O6/c1-29(2)31(5)47(59)57-25-50(17-7-19-63-27-50)23-40(57)45-52-38-15-11-34-21-32(9-13-36(34)43(38)54-45)33-10-14-37-35(22-33)12-16-39-44(37)55-46(53-39)41-24-51(18-8-20-64-28-51)26-58(41)48(60)42(30(3)4)56-49(61)62-6/h9-16,21-22,29-31,40-42H,7-8,17-20,23-28H2,1-6H3,(H,52,54)(H,53,55)(H,56,61)/t31-,40-,41-,42-,50-,51-/m0/s1. The first-order valence-corrected chi connectivity index (χ1v) is 23.3. The Kier molecular flexibility index (Phi) is 10.9. The number of nitrogens with one attached hydrogen (secondary N) is 3. The van der Waals surface area contributed by atoms with Crippen molar-refractivity contribution < 1.29 is 28.6 Å². The third kappa shape index (κ3) is 7.47. The van der Waals surface area contributed by atoms with Gasteiger partial charge < -0.3 is 39.3 Å². The average molecular weight is 868 g/mol. The average Bonchev–Trinajstić information content (AvgIpc) is 4.11. The Hall–Kier alpha value is -5.53. The third-order valence-corrected chi connectivity index (χ3v) is 15.1. The molecule has 4 fully saturated rings. The Morgan fingerprint density at radius 2 is 1.20 bits per heavy atom. The maximum Gasteiger partial charge on any atom is 0.407 e. The molecule has 4 aliphatic heterocycles. The number of imidazole rings is 2. The van der Waals surface area contributed by atoms with Gasteiger partial charge in [0.1, 0.15) is 17.7 Å². The second-order valence-corrected chi connectivity index (χ2v) is 20.1. The molecule has 6 heterocycles. The predicted molar refractivity (Wildman–Crippen MR) is 247 cm³/mol. The first kappa shape index (κ1) is 42.4. The minimum atomic E-state index is -0.737. The van der Waals surface area contributed by atoms with Crippen LogP contribution in [0, 0.1) is 28.6 Å². The Labute approximate surface area is 374 Å². The number of likely N-dealkylation sites (tertiary alicyclic amines) is 2. The van der Waals surface area contributed by atoms with E-state index in [0.29, 0.717) is 26.3 Å². The molecule has 6 aromatic rings. The van der Waals surface area contributed by atoms with Gasteiger partial charge in [0.05, 0.1) is 54.5 Å². The molecule has 64 heavy (non-hydrogen) atoms. The summed E-state index contributed by atoms with van der Waals surface area (Å²) in [5.74, 6) is 1.69. The SMILES string of the molecule is COC(=O)N[C@H](C(=O)N1C[C@]2(CCCOC2)C[C@H]1c1nc2ccc3cc(-c4ccc5c(ccc6nc([C@@H]7C[C@@]8(CCCOC8)CN7C(=O)[C@@H](C)C(C)C)[nH]c65)c4)ccc3c2[nH]1)C(C)C. The summed E-state index contributed by atoms with van der Waals surface area (Å²) in [5, 5.41) is 7.12. The number of benzene rings is 4. The van der Waals surface area contributed by atoms with E-state index in [1.807, 2.05) is 18.7 Å². The van der Waals surface area contributed by atoms with Gasteiger partial charge in [0.25, 0.3) is 0 Å². The number of aromatic nitrogens is 4. The largest absolute Gasteiger partial charge is 0.453 e. The fraction of sp³-hybridized carbons (Fsp3) is 0.510. The van der Waals surface area contributed by atoms with Crippen molar-refractivity contribution in [2.24, 2.45) is 28.6 Å². The minimum absolute atomic E-state index is 0.0368. The fourth-order valence-corrected chi connectivity index (χ4v) is 11.2. The molecule has 336 valence electrons. The van der Waals surface area contributed by atoms with E-state index in [2.05, 4.69) is 102 Å². The summed E-state index contributed by atoms with van der Waals surface area (Å²) >= 11 is 0. The highest BCUT2D eigenvalue weighted by molar-refractivity contribution is 6.07. The van der Waals surface area contributed by atoms with Crippen molar-refractivity contribution >= 4 is 61.5 Å². The van der Waals surface area contributed by atoms with Crippen LogP contribution >= 0.6 is 0 Å². The number of nitrogens with zero attached hydrogens (tertiary/aromatic N) is 4. The molecule has 4 aromatic carbocycles. The van der Waals surface area contributed by atoms with Crippen molar-refractivity contribution in [3.63, 3.8) is 0 Å². The normalized spacial score (nSPS) is 24.9. The summed E-state index contributed by atoms with van der Waals surface area (Å²) in [6, 6.07) is 20.4. The molecule has 0 unspecified atom stereocenters. The molecule has 4 aliphatic rings. The van der Waals surface area contributed by atoms with Gasteiger partial charge in [-0.25, -0.2) is 14.8 Å². The number of hydrogen-bond donors (Lipinski definition) is 3. The highest BCUT2D eigenvalue weighted by atomic mass is 16.5. The molecule has 13 nitrogen and oxygen atoms in total. The summed E-state index contributed by atoms with van der Waals surface area (Å²) in [5.41, 5.74) is 5.65.